The monoisotopic (exact) mass is 217 g/mol. The molecule has 1 aliphatic heterocycles. The average Bonchev–Trinajstić information content (AvgIpc) is 2.76. The molecule has 2 heterocycles. The maximum atomic E-state index is 12.1. The molecule has 2 atom stereocenters. The first kappa shape index (κ1) is 9.78. The van der Waals surface area contributed by atoms with Crippen LogP contribution in [-0.2, 0) is 0 Å². The van der Waals surface area contributed by atoms with Gasteiger partial charge in [0.1, 0.15) is 0 Å². The third-order valence-corrected chi connectivity index (χ3v) is 3.61. The fourth-order valence-corrected chi connectivity index (χ4v) is 2.53. The summed E-state index contributed by atoms with van der Waals surface area (Å²) in [4.78, 5) is 18.0. The largest absolute Gasteiger partial charge is 0.336 e. The molecule has 1 aromatic rings. The first-order valence-electron chi connectivity index (χ1n) is 5.58. The molecule has 1 aromatic heterocycles. The molecule has 2 aliphatic rings. The number of aryl methyl sites for hydroxylation is 1. The van der Waals surface area contributed by atoms with Crippen molar-refractivity contribution in [3.63, 3.8) is 0 Å². The molecule has 2 fully saturated rings. The van der Waals surface area contributed by atoms with Gasteiger partial charge in [-0.25, -0.2) is 0 Å². The number of likely N-dealkylation sites (tertiary alicyclic amines) is 1. The zero-order chi connectivity index (χ0) is 11.3. The molecule has 0 radical (unpaired) electrons. The van der Waals surface area contributed by atoms with Crippen LogP contribution >= 0.6 is 0 Å². The summed E-state index contributed by atoms with van der Waals surface area (Å²) in [6, 6.07) is 1.88. The maximum Gasteiger partial charge on any atom is 0.255 e. The Kier molecular flexibility index (Phi) is 1.86. The predicted octanol–water partition coefficient (Wildman–Crippen LogP) is 0.563. The van der Waals surface area contributed by atoms with E-state index in [2.05, 4.69) is 4.98 Å². The Morgan fingerprint density at radius 2 is 2.44 bits per heavy atom. The van der Waals surface area contributed by atoms with Gasteiger partial charge in [0.15, 0.2) is 0 Å². The van der Waals surface area contributed by atoms with Crippen LogP contribution in [0.2, 0.25) is 0 Å². The minimum absolute atomic E-state index is 0.0632. The third kappa shape index (κ3) is 1.41. The Morgan fingerprint density at radius 3 is 3.06 bits per heavy atom. The Morgan fingerprint density at radius 1 is 1.62 bits per heavy atom. The maximum absolute atomic E-state index is 12.1. The number of pyridine rings is 1. The second-order valence-corrected chi connectivity index (χ2v) is 5.07. The van der Waals surface area contributed by atoms with E-state index in [0.717, 1.165) is 18.5 Å². The van der Waals surface area contributed by atoms with Gasteiger partial charge in [0.25, 0.3) is 5.91 Å². The summed E-state index contributed by atoms with van der Waals surface area (Å²) in [6.45, 7) is 3.45. The number of nitrogens with two attached hydrogens (primary N) is 1. The van der Waals surface area contributed by atoms with Crippen molar-refractivity contribution in [2.45, 2.75) is 18.9 Å². The third-order valence-electron chi connectivity index (χ3n) is 3.61. The lowest BCUT2D eigenvalue weighted by molar-refractivity contribution is 0.0772. The van der Waals surface area contributed by atoms with E-state index in [9.17, 15) is 4.79 Å². The van der Waals surface area contributed by atoms with Gasteiger partial charge < -0.3 is 10.6 Å². The summed E-state index contributed by atoms with van der Waals surface area (Å²) in [6.07, 6.45) is 4.45. The van der Waals surface area contributed by atoms with E-state index in [0.29, 0.717) is 18.0 Å². The molecule has 16 heavy (non-hydrogen) atoms. The summed E-state index contributed by atoms with van der Waals surface area (Å²) in [5.41, 5.74) is 7.68. The number of amides is 1. The number of piperidine rings is 1. The molecule has 4 heteroatoms. The number of nitrogens with zero attached hydrogens (tertiary/aromatic N) is 2. The fourth-order valence-electron chi connectivity index (χ4n) is 2.53. The molecule has 3 rings (SSSR count). The van der Waals surface area contributed by atoms with Crippen LogP contribution in [0.3, 0.4) is 0 Å². The number of hydrogen-bond donors (Lipinski definition) is 1. The average molecular weight is 217 g/mol. The van der Waals surface area contributed by atoms with Crippen molar-refractivity contribution in [3.05, 3.63) is 29.6 Å². The highest BCUT2D eigenvalue weighted by Crippen LogP contribution is 2.47. The standard InChI is InChI=1S/C12H15N3O/c1-8-2-9(5-14-4-8)11(16)15-6-10-3-12(10,13)7-15/h2,4-5,10H,3,6-7,13H2,1H3/t10-,12-/m0/s1. The quantitative estimate of drug-likeness (QED) is 0.748. The molecular weight excluding hydrogens is 202 g/mol. The molecule has 1 amide bonds. The first-order chi connectivity index (χ1) is 7.58. The van der Waals surface area contributed by atoms with Gasteiger partial charge in [0, 0.05) is 31.0 Å². The lowest BCUT2D eigenvalue weighted by atomic mass is 10.2. The van der Waals surface area contributed by atoms with Crippen LogP contribution in [0, 0.1) is 12.8 Å². The van der Waals surface area contributed by atoms with Gasteiger partial charge in [-0.1, -0.05) is 0 Å². The van der Waals surface area contributed by atoms with Crippen LogP contribution in [0.1, 0.15) is 22.3 Å². The molecule has 2 N–H and O–H groups in total. The molecule has 0 spiro atoms. The van der Waals surface area contributed by atoms with E-state index >= 15 is 0 Å². The minimum Gasteiger partial charge on any atom is -0.336 e. The van der Waals surface area contributed by atoms with E-state index in [4.69, 9.17) is 5.73 Å². The van der Waals surface area contributed by atoms with Gasteiger partial charge in [0.2, 0.25) is 0 Å². The van der Waals surface area contributed by atoms with Gasteiger partial charge in [-0.2, -0.15) is 0 Å². The Labute approximate surface area is 94.5 Å². The van der Waals surface area contributed by atoms with E-state index < -0.39 is 0 Å². The van der Waals surface area contributed by atoms with E-state index in [-0.39, 0.29) is 11.4 Å². The van der Waals surface area contributed by atoms with Crippen LogP contribution in [0.4, 0.5) is 0 Å². The van der Waals surface area contributed by atoms with E-state index in [1.54, 1.807) is 12.4 Å². The smallest absolute Gasteiger partial charge is 0.255 e. The summed E-state index contributed by atoms with van der Waals surface area (Å²) < 4.78 is 0. The Bertz CT molecular complexity index is 459. The number of aromatic nitrogens is 1. The van der Waals surface area contributed by atoms with Crippen molar-refractivity contribution >= 4 is 5.91 Å². The normalized spacial score (nSPS) is 31.4. The minimum atomic E-state index is -0.0765. The molecule has 84 valence electrons. The van der Waals surface area contributed by atoms with Gasteiger partial charge in [-0.15, -0.1) is 0 Å². The SMILES string of the molecule is Cc1cncc(C(=O)N2C[C@@H]3C[C@]3(N)C2)c1. The lowest BCUT2D eigenvalue weighted by Crippen LogP contribution is -2.37. The van der Waals surface area contributed by atoms with Gasteiger partial charge in [0.05, 0.1) is 5.56 Å². The summed E-state index contributed by atoms with van der Waals surface area (Å²) in [5, 5.41) is 0. The van der Waals surface area contributed by atoms with E-state index in [1.807, 2.05) is 17.9 Å². The molecular formula is C12H15N3O. The van der Waals surface area contributed by atoms with E-state index in [1.165, 1.54) is 0 Å². The van der Waals surface area contributed by atoms with Crippen LogP contribution in [0.5, 0.6) is 0 Å². The number of carbonyl (C=O) groups excluding carboxylic acids is 1. The van der Waals surface area contributed by atoms with Crippen LogP contribution < -0.4 is 5.73 Å². The zero-order valence-corrected chi connectivity index (χ0v) is 9.31. The van der Waals surface area contributed by atoms with Crippen LogP contribution in [-0.4, -0.2) is 34.4 Å². The van der Waals surface area contributed by atoms with Crippen molar-refractivity contribution in [2.75, 3.05) is 13.1 Å². The second kappa shape index (κ2) is 3.04. The number of fused-ring (bicyclic) bond motifs is 1. The van der Waals surface area contributed by atoms with Crippen molar-refractivity contribution in [1.82, 2.24) is 9.88 Å². The topological polar surface area (TPSA) is 59.2 Å². The summed E-state index contributed by atoms with van der Waals surface area (Å²) >= 11 is 0. The second-order valence-electron chi connectivity index (χ2n) is 5.07. The van der Waals surface area contributed by atoms with Crippen molar-refractivity contribution in [1.29, 1.82) is 0 Å². The Balaban J connectivity index is 1.79. The van der Waals surface area contributed by atoms with Gasteiger partial charge in [-0.05, 0) is 30.9 Å². The zero-order valence-electron chi connectivity index (χ0n) is 9.31. The predicted molar refractivity (Wildman–Crippen MR) is 59.9 cm³/mol. The van der Waals surface area contributed by atoms with Crippen molar-refractivity contribution in [2.24, 2.45) is 11.7 Å². The molecule has 0 unspecified atom stereocenters. The highest BCUT2D eigenvalue weighted by molar-refractivity contribution is 5.94. The number of hydrogen-bond acceptors (Lipinski definition) is 3. The molecule has 0 bridgehead atoms. The summed E-state index contributed by atoms with van der Waals surface area (Å²) in [7, 11) is 0. The molecule has 1 saturated carbocycles. The molecule has 1 saturated heterocycles. The lowest BCUT2D eigenvalue weighted by Gasteiger charge is -2.19. The molecule has 4 nitrogen and oxygen atoms in total. The van der Waals surface area contributed by atoms with Crippen molar-refractivity contribution < 1.29 is 4.79 Å². The molecule has 1 aliphatic carbocycles. The number of carbonyl (C=O) groups is 1. The van der Waals surface area contributed by atoms with Gasteiger partial charge in [-0.3, -0.25) is 9.78 Å². The fraction of sp³-hybridized carbons (Fsp3) is 0.500. The first-order valence-corrected chi connectivity index (χ1v) is 5.58. The van der Waals surface area contributed by atoms with Crippen LogP contribution in [0.15, 0.2) is 18.5 Å². The summed E-state index contributed by atoms with van der Waals surface area (Å²) in [5.74, 6) is 0.586. The van der Waals surface area contributed by atoms with Crippen molar-refractivity contribution in [3.8, 4) is 0 Å². The van der Waals surface area contributed by atoms with Crippen LogP contribution in [0.25, 0.3) is 0 Å². The highest BCUT2D eigenvalue weighted by Gasteiger charge is 2.58. The Hall–Kier alpha value is -1.42. The molecule has 0 aromatic carbocycles. The van der Waals surface area contributed by atoms with Gasteiger partial charge >= 0.3 is 0 Å². The highest BCUT2D eigenvalue weighted by atomic mass is 16.2. The number of rotatable bonds is 1.